The van der Waals surface area contributed by atoms with Crippen LogP contribution < -0.4 is 0 Å². The Kier molecular flexibility index (Phi) is 3.66. The molecule has 1 aromatic heterocycles. The van der Waals surface area contributed by atoms with E-state index in [2.05, 4.69) is 4.98 Å². The highest BCUT2D eigenvalue weighted by molar-refractivity contribution is 7.90. The van der Waals surface area contributed by atoms with Crippen molar-refractivity contribution in [3.05, 3.63) is 71.7 Å². The molecular weight excluding hydrogens is 301 g/mol. The van der Waals surface area contributed by atoms with Crippen molar-refractivity contribution < 1.29 is 12.8 Å². The second-order valence-electron chi connectivity index (χ2n) is 5.21. The van der Waals surface area contributed by atoms with Gasteiger partial charge in [-0.15, -0.1) is 0 Å². The van der Waals surface area contributed by atoms with E-state index in [1.54, 1.807) is 42.5 Å². The molecule has 0 aliphatic heterocycles. The standard InChI is InChI=1S/C17H14FNO2S/c1-12-2-7-16(8-3-12)22(20,21)11-15-6-4-13-10-14(18)5-9-17(13)19-15/h2-10H,11H2,1H3. The monoisotopic (exact) mass is 315 g/mol. The zero-order valence-electron chi connectivity index (χ0n) is 12.0. The second-order valence-corrected chi connectivity index (χ2v) is 7.20. The maximum Gasteiger partial charge on any atom is 0.184 e. The van der Waals surface area contributed by atoms with Crippen molar-refractivity contribution in [3.63, 3.8) is 0 Å². The lowest BCUT2D eigenvalue weighted by Crippen LogP contribution is -2.06. The third kappa shape index (κ3) is 2.99. The fourth-order valence-electron chi connectivity index (χ4n) is 2.24. The van der Waals surface area contributed by atoms with Gasteiger partial charge in [0.25, 0.3) is 0 Å². The van der Waals surface area contributed by atoms with Gasteiger partial charge in [0.1, 0.15) is 5.82 Å². The molecule has 5 heteroatoms. The summed E-state index contributed by atoms with van der Waals surface area (Å²) in [6.07, 6.45) is 0. The zero-order chi connectivity index (χ0) is 15.7. The van der Waals surface area contributed by atoms with Crippen LogP contribution in [-0.4, -0.2) is 13.4 Å². The zero-order valence-corrected chi connectivity index (χ0v) is 12.8. The molecule has 1 heterocycles. The summed E-state index contributed by atoms with van der Waals surface area (Å²) in [7, 11) is -3.44. The molecular formula is C17H14FNO2S. The molecule has 22 heavy (non-hydrogen) atoms. The molecule has 0 N–H and O–H groups in total. The van der Waals surface area contributed by atoms with E-state index >= 15 is 0 Å². The predicted molar refractivity (Wildman–Crippen MR) is 83.8 cm³/mol. The van der Waals surface area contributed by atoms with Crippen LogP contribution in [-0.2, 0) is 15.6 Å². The number of aryl methyl sites for hydroxylation is 1. The summed E-state index contributed by atoms with van der Waals surface area (Å²) in [6.45, 7) is 1.90. The summed E-state index contributed by atoms with van der Waals surface area (Å²) < 4.78 is 37.9. The van der Waals surface area contributed by atoms with E-state index in [4.69, 9.17) is 0 Å². The molecule has 0 unspecified atom stereocenters. The number of rotatable bonds is 3. The summed E-state index contributed by atoms with van der Waals surface area (Å²) in [5, 5.41) is 0.650. The Labute approximate surface area is 128 Å². The van der Waals surface area contributed by atoms with Crippen LogP contribution in [0.3, 0.4) is 0 Å². The quantitative estimate of drug-likeness (QED) is 0.741. The lowest BCUT2D eigenvalue weighted by molar-refractivity contribution is 0.594. The van der Waals surface area contributed by atoms with Crippen molar-refractivity contribution in [1.82, 2.24) is 4.98 Å². The minimum atomic E-state index is -3.44. The Bertz CT molecular complexity index is 935. The number of nitrogens with zero attached hydrogens (tertiary/aromatic N) is 1. The minimum Gasteiger partial charge on any atom is -0.252 e. The van der Waals surface area contributed by atoms with Gasteiger partial charge in [-0.3, -0.25) is 4.98 Å². The van der Waals surface area contributed by atoms with Crippen LogP contribution in [0.4, 0.5) is 4.39 Å². The molecule has 0 fully saturated rings. The fourth-order valence-corrected chi connectivity index (χ4v) is 3.51. The Morgan fingerprint density at radius 2 is 1.73 bits per heavy atom. The number of aromatic nitrogens is 1. The van der Waals surface area contributed by atoms with Gasteiger partial charge in [0.2, 0.25) is 0 Å². The van der Waals surface area contributed by atoms with Crippen LogP contribution in [0, 0.1) is 12.7 Å². The molecule has 2 aromatic carbocycles. The number of halogens is 1. The molecule has 3 aromatic rings. The largest absolute Gasteiger partial charge is 0.252 e. The predicted octanol–water partition coefficient (Wildman–Crippen LogP) is 3.66. The van der Waals surface area contributed by atoms with Gasteiger partial charge in [-0.2, -0.15) is 0 Å². The highest BCUT2D eigenvalue weighted by atomic mass is 32.2. The molecule has 112 valence electrons. The van der Waals surface area contributed by atoms with Crippen molar-refractivity contribution in [2.24, 2.45) is 0 Å². The molecule has 0 aliphatic rings. The van der Waals surface area contributed by atoms with Gasteiger partial charge in [0.05, 0.1) is 21.9 Å². The van der Waals surface area contributed by atoms with Crippen LogP contribution >= 0.6 is 0 Å². The average molecular weight is 315 g/mol. The third-order valence-electron chi connectivity index (χ3n) is 3.43. The first-order valence-corrected chi connectivity index (χ1v) is 8.44. The Balaban J connectivity index is 1.95. The molecule has 0 saturated heterocycles. The lowest BCUT2D eigenvalue weighted by Gasteiger charge is -2.06. The summed E-state index contributed by atoms with van der Waals surface area (Å²) in [5.74, 6) is -0.516. The molecule has 0 bridgehead atoms. The summed E-state index contributed by atoms with van der Waals surface area (Å²) in [5.41, 5.74) is 2.03. The van der Waals surface area contributed by atoms with Crippen molar-refractivity contribution in [3.8, 4) is 0 Å². The maximum atomic E-state index is 13.1. The van der Waals surface area contributed by atoms with Gasteiger partial charge in [-0.25, -0.2) is 12.8 Å². The average Bonchev–Trinajstić information content (AvgIpc) is 2.47. The number of sulfone groups is 1. The van der Waals surface area contributed by atoms with Crippen LogP contribution in [0.5, 0.6) is 0 Å². The van der Waals surface area contributed by atoms with E-state index < -0.39 is 9.84 Å². The first kappa shape index (κ1) is 14.7. The van der Waals surface area contributed by atoms with Gasteiger partial charge in [0, 0.05) is 5.39 Å². The molecule has 0 saturated carbocycles. The highest BCUT2D eigenvalue weighted by Gasteiger charge is 2.16. The number of hydrogen-bond acceptors (Lipinski definition) is 3. The SMILES string of the molecule is Cc1ccc(S(=O)(=O)Cc2ccc3cc(F)ccc3n2)cc1. The Hall–Kier alpha value is -2.27. The maximum absolute atomic E-state index is 13.1. The molecule has 0 radical (unpaired) electrons. The topological polar surface area (TPSA) is 47.0 Å². The Morgan fingerprint density at radius 1 is 1.00 bits per heavy atom. The number of fused-ring (bicyclic) bond motifs is 1. The number of hydrogen-bond donors (Lipinski definition) is 0. The molecule has 0 amide bonds. The van der Waals surface area contributed by atoms with E-state index in [1.807, 2.05) is 6.92 Å². The van der Waals surface area contributed by atoms with E-state index in [0.29, 0.717) is 16.6 Å². The Morgan fingerprint density at radius 3 is 2.45 bits per heavy atom. The number of benzene rings is 2. The van der Waals surface area contributed by atoms with E-state index in [-0.39, 0.29) is 16.5 Å². The van der Waals surface area contributed by atoms with Crippen LogP contribution in [0.2, 0.25) is 0 Å². The molecule has 0 aliphatic carbocycles. The second kappa shape index (κ2) is 5.50. The van der Waals surface area contributed by atoms with Crippen molar-refractivity contribution in [1.29, 1.82) is 0 Å². The molecule has 0 spiro atoms. The first-order valence-electron chi connectivity index (χ1n) is 6.79. The first-order chi connectivity index (χ1) is 10.4. The lowest BCUT2D eigenvalue weighted by atomic mass is 10.2. The summed E-state index contributed by atoms with van der Waals surface area (Å²) >= 11 is 0. The minimum absolute atomic E-state index is 0.177. The van der Waals surface area contributed by atoms with Gasteiger partial charge in [0.15, 0.2) is 9.84 Å². The number of pyridine rings is 1. The van der Waals surface area contributed by atoms with Gasteiger partial charge >= 0.3 is 0 Å². The van der Waals surface area contributed by atoms with E-state index in [9.17, 15) is 12.8 Å². The molecule has 3 rings (SSSR count). The summed E-state index contributed by atoms with van der Waals surface area (Å²) in [6, 6.07) is 14.3. The fraction of sp³-hybridized carbons (Fsp3) is 0.118. The smallest absolute Gasteiger partial charge is 0.184 e. The van der Waals surface area contributed by atoms with Crippen LogP contribution in [0.25, 0.3) is 10.9 Å². The van der Waals surface area contributed by atoms with Crippen molar-refractivity contribution in [2.75, 3.05) is 0 Å². The van der Waals surface area contributed by atoms with Crippen LogP contribution in [0.15, 0.2) is 59.5 Å². The van der Waals surface area contributed by atoms with Crippen LogP contribution in [0.1, 0.15) is 11.3 Å². The van der Waals surface area contributed by atoms with Crippen molar-refractivity contribution >= 4 is 20.7 Å². The van der Waals surface area contributed by atoms with Gasteiger partial charge in [-0.05, 0) is 43.3 Å². The normalized spacial score (nSPS) is 11.7. The summed E-state index contributed by atoms with van der Waals surface area (Å²) in [4.78, 5) is 4.58. The third-order valence-corrected chi connectivity index (χ3v) is 5.09. The van der Waals surface area contributed by atoms with Crippen molar-refractivity contribution in [2.45, 2.75) is 17.6 Å². The van der Waals surface area contributed by atoms with Gasteiger partial charge < -0.3 is 0 Å². The van der Waals surface area contributed by atoms with Gasteiger partial charge in [-0.1, -0.05) is 23.8 Å². The molecule has 0 atom stereocenters. The molecule has 3 nitrogen and oxygen atoms in total. The van der Waals surface area contributed by atoms with E-state index in [0.717, 1.165) is 5.56 Å². The highest BCUT2D eigenvalue weighted by Crippen LogP contribution is 2.19. The van der Waals surface area contributed by atoms with E-state index in [1.165, 1.54) is 12.1 Å².